The molecule has 0 radical (unpaired) electrons. The van der Waals surface area contributed by atoms with Gasteiger partial charge in [-0.1, -0.05) is 36.4 Å². The maximum Gasteiger partial charge on any atom is 0.488 e. The van der Waals surface area contributed by atoms with Gasteiger partial charge in [-0.15, -0.1) is 0 Å². The van der Waals surface area contributed by atoms with E-state index in [0.717, 1.165) is 49.7 Å². The second-order valence-corrected chi connectivity index (χ2v) is 6.01. The molecule has 1 fully saturated rings. The van der Waals surface area contributed by atoms with Gasteiger partial charge in [0, 0.05) is 32.7 Å². The maximum atomic E-state index is 9.50. The Hall–Kier alpha value is -2.02. The SMILES string of the molecule is COc1ccccc1N1CCN(Cc2ccccc2B(O)O)CC1. The first-order valence-electron chi connectivity index (χ1n) is 8.23. The lowest BCUT2D eigenvalue weighted by Gasteiger charge is -2.36. The summed E-state index contributed by atoms with van der Waals surface area (Å²) in [5, 5.41) is 19.0. The van der Waals surface area contributed by atoms with E-state index < -0.39 is 7.12 Å². The van der Waals surface area contributed by atoms with E-state index in [1.54, 1.807) is 13.2 Å². The monoisotopic (exact) mass is 326 g/mol. The van der Waals surface area contributed by atoms with Crippen LogP contribution in [0.1, 0.15) is 5.56 Å². The normalized spacial score (nSPS) is 15.4. The molecule has 0 aromatic heterocycles. The zero-order valence-electron chi connectivity index (χ0n) is 13.9. The first kappa shape index (κ1) is 16.8. The summed E-state index contributed by atoms with van der Waals surface area (Å²) in [5.41, 5.74) is 2.69. The van der Waals surface area contributed by atoms with Gasteiger partial charge in [0.15, 0.2) is 0 Å². The van der Waals surface area contributed by atoms with Gasteiger partial charge in [0.05, 0.1) is 12.8 Å². The van der Waals surface area contributed by atoms with Crippen molar-refractivity contribution in [3.05, 3.63) is 54.1 Å². The minimum atomic E-state index is -1.42. The van der Waals surface area contributed by atoms with Gasteiger partial charge in [-0.3, -0.25) is 4.90 Å². The highest BCUT2D eigenvalue weighted by Crippen LogP contribution is 2.28. The zero-order chi connectivity index (χ0) is 16.9. The predicted octanol–water partition coefficient (Wildman–Crippen LogP) is 0.697. The average Bonchev–Trinajstić information content (AvgIpc) is 2.62. The van der Waals surface area contributed by atoms with E-state index in [-0.39, 0.29) is 0 Å². The fourth-order valence-electron chi connectivity index (χ4n) is 3.21. The summed E-state index contributed by atoms with van der Waals surface area (Å²) in [6, 6.07) is 15.6. The number of anilines is 1. The number of hydrogen-bond acceptors (Lipinski definition) is 5. The van der Waals surface area contributed by atoms with E-state index in [1.165, 1.54) is 0 Å². The van der Waals surface area contributed by atoms with Crippen molar-refractivity contribution in [3.63, 3.8) is 0 Å². The molecule has 2 aromatic carbocycles. The molecule has 6 heteroatoms. The number of nitrogens with zero attached hydrogens (tertiary/aromatic N) is 2. The van der Waals surface area contributed by atoms with Crippen molar-refractivity contribution in [2.75, 3.05) is 38.2 Å². The lowest BCUT2D eigenvalue weighted by atomic mass is 9.77. The van der Waals surface area contributed by atoms with Crippen molar-refractivity contribution in [1.29, 1.82) is 0 Å². The summed E-state index contributed by atoms with van der Waals surface area (Å²) >= 11 is 0. The van der Waals surface area contributed by atoms with Crippen molar-refractivity contribution in [1.82, 2.24) is 4.90 Å². The Balaban J connectivity index is 1.64. The van der Waals surface area contributed by atoms with Crippen LogP contribution in [0.2, 0.25) is 0 Å². The first-order chi connectivity index (χ1) is 11.7. The molecule has 0 aliphatic carbocycles. The summed E-state index contributed by atoms with van der Waals surface area (Å²) in [6.07, 6.45) is 0. The molecule has 5 nitrogen and oxygen atoms in total. The van der Waals surface area contributed by atoms with Crippen LogP contribution in [0.25, 0.3) is 0 Å². The van der Waals surface area contributed by atoms with E-state index in [0.29, 0.717) is 5.46 Å². The second kappa shape index (κ2) is 7.70. The van der Waals surface area contributed by atoms with Crippen LogP contribution in [0, 0.1) is 0 Å². The minimum Gasteiger partial charge on any atom is -0.495 e. The summed E-state index contributed by atoms with van der Waals surface area (Å²) in [5.74, 6) is 0.902. The van der Waals surface area contributed by atoms with Crippen LogP contribution in [-0.2, 0) is 6.54 Å². The number of hydrogen-bond donors (Lipinski definition) is 2. The molecule has 2 aromatic rings. The van der Waals surface area contributed by atoms with Crippen molar-refractivity contribution >= 4 is 18.3 Å². The van der Waals surface area contributed by atoms with Crippen LogP contribution in [0.5, 0.6) is 5.75 Å². The van der Waals surface area contributed by atoms with Crippen LogP contribution < -0.4 is 15.1 Å². The molecule has 126 valence electrons. The number of methoxy groups -OCH3 is 1. The Bertz CT molecular complexity index is 673. The van der Waals surface area contributed by atoms with E-state index in [1.807, 2.05) is 36.4 Å². The second-order valence-electron chi connectivity index (χ2n) is 6.01. The lowest BCUT2D eigenvalue weighted by Crippen LogP contribution is -2.47. The molecule has 0 unspecified atom stereocenters. The summed E-state index contributed by atoms with van der Waals surface area (Å²) in [4.78, 5) is 4.68. The summed E-state index contributed by atoms with van der Waals surface area (Å²) < 4.78 is 5.45. The molecule has 1 aliphatic heterocycles. The van der Waals surface area contributed by atoms with Gasteiger partial charge in [0.25, 0.3) is 0 Å². The maximum absolute atomic E-state index is 9.50. The Labute approximate surface area is 143 Å². The third-order valence-electron chi connectivity index (χ3n) is 4.53. The summed E-state index contributed by atoms with van der Waals surface area (Å²) in [7, 11) is 0.280. The van der Waals surface area contributed by atoms with Gasteiger partial charge in [0.2, 0.25) is 0 Å². The molecule has 0 atom stereocenters. The van der Waals surface area contributed by atoms with Gasteiger partial charge >= 0.3 is 7.12 Å². The van der Waals surface area contributed by atoms with Crippen LogP contribution in [0.15, 0.2) is 48.5 Å². The van der Waals surface area contributed by atoms with E-state index >= 15 is 0 Å². The molecule has 0 saturated carbocycles. The van der Waals surface area contributed by atoms with Gasteiger partial charge in [0.1, 0.15) is 5.75 Å². The predicted molar refractivity (Wildman–Crippen MR) is 96.8 cm³/mol. The largest absolute Gasteiger partial charge is 0.495 e. The quantitative estimate of drug-likeness (QED) is 0.792. The van der Waals surface area contributed by atoms with Gasteiger partial charge in [-0.25, -0.2) is 0 Å². The molecule has 0 bridgehead atoms. The van der Waals surface area contributed by atoms with Crippen molar-refractivity contribution in [2.45, 2.75) is 6.54 Å². The van der Waals surface area contributed by atoms with Crippen LogP contribution in [-0.4, -0.2) is 55.4 Å². The lowest BCUT2D eigenvalue weighted by molar-refractivity contribution is 0.249. The number of para-hydroxylation sites is 2. The molecule has 24 heavy (non-hydrogen) atoms. The summed E-state index contributed by atoms with van der Waals surface area (Å²) in [6.45, 7) is 4.42. The van der Waals surface area contributed by atoms with E-state index in [2.05, 4.69) is 15.9 Å². The van der Waals surface area contributed by atoms with Crippen molar-refractivity contribution in [3.8, 4) is 5.75 Å². The Morgan fingerprint density at radius 3 is 2.33 bits per heavy atom. The number of piperazine rings is 1. The molecule has 2 N–H and O–H groups in total. The van der Waals surface area contributed by atoms with Crippen LogP contribution in [0.4, 0.5) is 5.69 Å². The minimum absolute atomic E-state index is 0.588. The van der Waals surface area contributed by atoms with Gasteiger partial charge in [-0.05, 0) is 23.2 Å². The molecule has 0 spiro atoms. The van der Waals surface area contributed by atoms with Gasteiger partial charge in [-0.2, -0.15) is 0 Å². The van der Waals surface area contributed by atoms with Crippen molar-refractivity contribution < 1.29 is 14.8 Å². The number of ether oxygens (including phenoxy) is 1. The molecular formula is C18H23BN2O3. The standard InChI is InChI=1S/C18H23BN2O3/c1-24-18-9-5-4-8-17(18)21-12-10-20(11-13-21)14-15-6-2-3-7-16(15)19(22)23/h2-9,22-23H,10-14H2,1H3. The Kier molecular flexibility index (Phi) is 5.40. The molecule has 1 saturated heterocycles. The molecule has 1 heterocycles. The third kappa shape index (κ3) is 3.72. The fraction of sp³-hybridized carbons (Fsp3) is 0.333. The topological polar surface area (TPSA) is 56.2 Å². The zero-order valence-corrected chi connectivity index (χ0v) is 13.9. The average molecular weight is 326 g/mol. The number of benzene rings is 2. The van der Waals surface area contributed by atoms with E-state index in [9.17, 15) is 10.0 Å². The van der Waals surface area contributed by atoms with Crippen LogP contribution in [0.3, 0.4) is 0 Å². The fourth-order valence-corrected chi connectivity index (χ4v) is 3.21. The first-order valence-corrected chi connectivity index (χ1v) is 8.23. The smallest absolute Gasteiger partial charge is 0.488 e. The highest BCUT2D eigenvalue weighted by atomic mass is 16.5. The molecule has 3 rings (SSSR count). The number of rotatable bonds is 5. The highest BCUT2D eigenvalue weighted by molar-refractivity contribution is 6.59. The van der Waals surface area contributed by atoms with E-state index in [4.69, 9.17) is 4.74 Å². The highest BCUT2D eigenvalue weighted by Gasteiger charge is 2.22. The van der Waals surface area contributed by atoms with Crippen LogP contribution >= 0.6 is 0 Å². The molecular weight excluding hydrogens is 303 g/mol. The molecule has 1 aliphatic rings. The van der Waals surface area contributed by atoms with Gasteiger partial charge < -0.3 is 19.7 Å². The Morgan fingerprint density at radius 2 is 1.62 bits per heavy atom. The Morgan fingerprint density at radius 1 is 0.958 bits per heavy atom. The van der Waals surface area contributed by atoms with Crippen molar-refractivity contribution in [2.24, 2.45) is 0 Å². The molecule has 0 amide bonds. The third-order valence-corrected chi connectivity index (χ3v) is 4.53.